The smallest absolute Gasteiger partial charge is 0.185 e. The fourth-order valence-corrected chi connectivity index (χ4v) is 5.76. The van der Waals surface area contributed by atoms with Crippen molar-refractivity contribution in [1.29, 1.82) is 5.26 Å². The lowest BCUT2D eigenvalue weighted by atomic mass is 9.96. The van der Waals surface area contributed by atoms with E-state index in [9.17, 15) is 5.11 Å². The van der Waals surface area contributed by atoms with Crippen molar-refractivity contribution in [1.82, 2.24) is 25.5 Å². The van der Waals surface area contributed by atoms with Crippen molar-refractivity contribution in [2.75, 3.05) is 4.90 Å². The highest BCUT2D eigenvalue weighted by Gasteiger charge is 2.48. The molecular weight excluding hydrogens is 441 g/mol. The number of piperidine rings is 1. The predicted octanol–water partition coefficient (Wildman–Crippen LogP) is 3.44. The number of aromatic nitrogens is 4. The van der Waals surface area contributed by atoms with E-state index >= 15 is 4.39 Å². The number of fused-ring (bicyclic) bond motifs is 2. The van der Waals surface area contributed by atoms with Crippen LogP contribution in [0, 0.1) is 11.3 Å². The van der Waals surface area contributed by atoms with Gasteiger partial charge in [-0.1, -0.05) is 6.07 Å². The molecule has 1 saturated carbocycles. The van der Waals surface area contributed by atoms with Gasteiger partial charge in [-0.05, 0) is 44.2 Å². The lowest BCUT2D eigenvalue weighted by Gasteiger charge is -2.40. The van der Waals surface area contributed by atoms with Crippen LogP contribution in [0.3, 0.4) is 0 Å². The predicted molar refractivity (Wildman–Crippen MR) is 121 cm³/mol. The van der Waals surface area contributed by atoms with Crippen LogP contribution in [0.1, 0.15) is 37.0 Å². The number of benzene rings is 1. The van der Waals surface area contributed by atoms with Crippen molar-refractivity contribution in [3.63, 3.8) is 0 Å². The van der Waals surface area contributed by atoms with E-state index in [2.05, 4.69) is 36.5 Å². The molecule has 4 atom stereocenters. The molecule has 2 aromatic heterocycles. The van der Waals surface area contributed by atoms with Gasteiger partial charge >= 0.3 is 0 Å². The fourth-order valence-electron chi connectivity index (χ4n) is 5.05. The van der Waals surface area contributed by atoms with Crippen molar-refractivity contribution in [3.8, 4) is 33.8 Å². The second-order valence-electron chi connectivity index (χ2n) is 8.95. The van der Waals surface area contributed by atoms with Crippen LogP contribution in [-0.4, -0.2) is 55.6 Å². The van der Waals surface area contributed by atoms with Crippen LogP contribution in [0.2, 0.25) is 0 Å². The van der Waals surface area contributed by atoms with Gasteiger partial charge in [-0.2, -0.15) is 5.26 Å². The molecule has 0 radical (unpaired) electrons. The van der Waals surface area contributed by atoms with Gasteiger partial charge in [0.05, 0.1) is 24.0 Å². The summed E-state index contributed by atoms with van der Waals surface area (Å²) in [6.07, 6.45) is 6.96. The van der Waals surface area contributed by atoms with Gasteiger partial charge < -0.3 is 15.3 Å². The maximum Gasteiger partial charge on any atom is 0.185 e. The molecule has 33 heavy (non-hydrogen) atoms. The number of phenolic OH excluding ortho intramolecular Hbond substituents is 1. The molecule has 3 aromatic rings. The Morgan fingerprint density at radius 1 is 1.15 bits per heavy atom. The maximum absolute atomic E-state index is 15.2. The Morgan fingerprint density at radius 2 is 2.03 bits per heavy atom. The van der Waals surface area contributed by atoms with E-state index in [1.54, 1.807) is 24.4 Å². The number of nitriles is 1. The summed E-state index contributed by atoms with van der Waals surface area (Å²) < 4.78 is 15.2. The first-order chi connectivity index (χ1) is 16.1. The SMILES string of the molecule is N#Cc1cnc(-c2ccc(-c3ncc(N(C4CC4)[C@@H]4C[C@@H]5CC[C@@H](N5)[C@@H]4F)nn3)c(O)c2)s1. The zero-order valence-corrected chi connectivity index (χ0v) is 18.5. The van der Waals surface area contributed by atoms with Gasteiger partial charge in [0.2, 0.25) is 0 Å². The number of thiazole rings is 1. The number of nitrogens with one attached hydrogen (secondary N) is 1. The average molecular weight is 464 g/mol. The average Bonchev–Trinajstić information content (AvgIpc) is 3.39. The summed E-state index contributed by atoms with van der Waals surface area (Å²) >= 11 is 1.26. The molecule has 1 aliphatic carbocycles. The Labute approximate surface area is 194 Å². The van der Waals surface area contributed by atoms with Crippen molar-refractivity contribution < 1.29 is 9.50 Å². The Kier molecular flexibility index (Phi) is 4.96. The van der Waals surface area contributed by atoms with E-state index in [0.717, 1.165) is 32.1 Å². The summed E-state index contributed by atoms with van der Waals surface area (Å²) in [4.78, 5) is 11.3. The van der Waals surface area contributed by atoms with Gasteiger partial charge in [-0.25, -0.2) is 14.4 Å². The van der Waals surface area contributed by atoms with Crippen molar-refractivity contribution in [2.24, 2.45) is 0 Å². The van der Waals surface area contributed by atoms with Gasteiger partial charge in [-0.15, -0.1) is 21.5 Å². The van der Waals surface area contributed by atoms with E-state index in [-0.39, 0.29) is 23.9 Å². The van der Waals surface area contributed by atoms with Crippen LogP contribution in [0.25, 0.3) is 22.0 Å². The van der Waals surface area contributed by atoms with E-state index in [4.69, 9.17) is 5.26 Å². The van der Waals surface area contributed by atoms with Gasteiger partial charge in [0.25, 0.3) is 0 Å². The molecule has 0 amide bonds. The number of alkyl halides is 1. The monoisotopic (exact) mass is 463 g/mol. The summed E-state index contributed by atoms with van der Waals surface area (Å²) in [5.74, 6) is 0.907. The zero-order valence-electron chi connectivity index (χ0n) is 17.7. The topological polar surface area (TPSA) is 111 Å². The first-order valence-electron chi connectivity index (χ1n) is 11.2. The molecule has 1 aromatic carbocycles. The largest absolute Gasteiger partial charge is 0.507 e. The maximum atomic E-state index is 15.2. The van der Waals surface area contributed by atoms with E-state index < -0.39 is 6.17 Å². The van der Waals surface area contributed by atoms with Crippen LogP contribution in [0.4, 0.5) is 10.2 Å². The van der Waals surface area contributed by atoms with Crippen LogP contribution in [-0.2, 0) is 0 Å². The Morgan fingerprint density at radius 3 is 2.73 bits per heavy atom. The molecule has 8 nitrogen and oxygen atoms in total. The molecule has 0 spiro atoms. The molecule has 4 heterocycles. The Bertz CT molecular complexity index is 1220. The third kappa shape index (κ3) is 3.71. The minimum atomic E-state index is -0.935. The second kappa shape index (κ2) is 8.01. The van der Waals surface area contributed by atoms with Crippen LogP contribution >= 0.6 is 11.3 Å². The Hall–Kier alpha value is -3.16. The number of hydrogen-bond donors (Lipinski definition) is 2. The number of rotatable bonds is 5. The van der Waals surface area contributed by atoms with Crippen LogP contribution in [0.5, 0.6) is 5.75 Å². The first kappa shape index (κ1) is 20.4. The molecule has 2 aliphatic heterocycles. The molecule has 3 fully saturated rings. The third-order valence-electron chi connectivity index (χ3n) is 6.77. The van der Waals surface area contributed by atoms with Crippen molar-refractivity contribution in [3.05, 3.63) is 35.5 Å². The van der Waals surface area contributed by atoms with E-state index in [0.29, 0.717) is 38.7 Å². The lowest BCUT2D eigenvalue weighted by molar-refractivity contribution is 0.171. The molecule has 2 bridgehead atoms. The third-order valence-corrected chi connectivity index (χ3v) is 7.72. The molecular formula is C23H22FN7OS. The highest BCUT2D eigenvalue weighted by atomic mass is 32.1. The van der Waals surface area contributed by atoms with Crippen LogP contribution < -0.4 is 10.2 Å². The van der Waals surface area contributed by atoms with Gasteiger partial charge in [-0.3, -0.25) is 0 Å². The second-order valence-corrected chi connectivity index (χ2v) is 9.98. The summed E-state index contributed by atoms with van der Waals surface area (Å²) in [5, 5.41) is 32.3. The van der Waals surface area contributed by atoms with Gasteiger partial charge in [0, 0.05) is 23.7 Å². The normalized spacial score (nSPS) is 26.2. The summed E-state index contributed by atoms with van der Waals surface area (Å²) in [6, 6.07) is 7.55. The lowest BCUT2D eigenvalue weighted by Crippen LogP contribution is -2.57. The fraction of sp³-hybridized carbons (Fsp3) is 0.435. The van der Waals surface area contributed by atoms with Crippen molar-refractivity contribution >= 4 is 17.2 Å². The minimum absolute atomic E-state index is 0.00793. The number of hydrogen-bond acceptors (Lipinski definition) is 9. The number of phenols is 1. The van der Waals surface area contributed by atoms with Gasteiger partial charge in [0.1, 0.15) is 27.9 Å². The molecule has 10 heteroatoms. The molecule has 3 aliphatic rings. The zero-order chi connectivity index (χ0) is 22.5. The molecule has 2 saturated heterocycles. The molecule has 0 unspecified atom stereocenters. The van der Waals surface area contributed by atoms with E-state index in [1.165, 1.54) is 17.5 Å². The first-order valence-corrected chi connectivity index (χ1v) is 12.0. The molecule has 2 N–H and O–H groups in total. The highest BCUT2D eigenvalue weighted by molar-refractivity contribution is 7.15. The molecule has 168 valence electrons. The molecule has 6 rings (SSSR count). The summed E-state index contributed by atoms with van der Waals surface area (Å²) in [5.41, 5.74) is 1.16. The van der Waals surface area contributed by atoms with E-state index in [1.807, 2.05) is 0 Å². The highest BCUT2D eigenvalue weighted by Crippen LogP contribution is 2.40. The number of nitrogens with zero attached hydrogens (tertiary/aromatic N) is 6. The van der Waals surface area contributed by atoms with Gasteiger partial charge in [0.15, 0.2) is 11.6 Å². The Balaban J connectivity index is 1.26. The van der Waals surface area contributed by atoms with Crippen molar-refractivity contribution in [2.45, 2.75) is 62.4 Å². The minimum Gasteiger partial charge on any atom is -0.507 e. The summed E-state index contributed by atoms with van der Waals surface area (Å²) in [7, 11) is 0. The number of anilines is 1. The summed E-state index contributed by atoms with van der Waals surface area (Å²) in [6.45, 7) is 0. The quantitative estimate of drug-likeness (QED) is 0.592. The number of aromatic hydroxyl groups is 1. The number of halogens is 1. The standard InChI is InChI=1S/C23H22FN7OS/c24-21-17-6-2-13(28-17)8-18(21)31(14-3-4-14)20-11-26-22(30-29-20)16-5-1-12(7-19(16)32)23-27-10-15(9-25)33-23/h1,5,7,10-11,13-14,17-18,21,28,32H,2-4,6,8H2/t13-,17+,18+,21-/m0/s1. The van der Waals surface area contributed by atoms with Crippen LogP contribution in [0.15, 0.2) is 30.6 Å².